The zero-order chi connectivity index (χ0) is 15.8. The molecule has 4 nitrogen and oxygen atoms in total. The predicted octanol–water partition coefficient (Wildman–Crippen LogP) is 3.33. The Labute approximate surface area is 127 Å². The number of benzene rings is 1. The summed E-state index contributed by atoms with van der Waals surface area (Å²) in [4.78, 5) is 4.47. The summed E-state index contributed by atoms with van der Waals surface area (Å²) in [6.45, 7) is 13.0. The van der Waals surface area contributed by atoms with Crippen LogP contribution in [0.3, 0.4) is 0 Å². The molecule has 1 heterocycles. The number of hydrogen-bond donors (Lipinski definition) is 2. The van der Waals surface area contributed by atoms with Gasteiger partial charge in [-0.15, -0.1) is 0 Å². The first-order valence-corrected chi connectivity index (χ1v) is 7.46. The van der Waals surface area contributed by atoms with Gasteiger partial charge in [-0.3, -0.25) is 5.10 Å². The summed E-state index contributed by atoms with van der Waals surface area (Å²) in [5.74, 6) is 1.55. The molecule has 0 bridgehead atoms. The van der Waals surface area contributed by atoms with E-state index >= 15 is 0 Å². The van der Waals surface area contributed by atoms with Crippen LogP contribution < -0.4 is 5.73 Å². The highest BCUT2D eigenvalue weighted by molar-refractivity contribution is 5.41. The summed E-state index contributed by atoms with van der Waals surface area (Å²) in [5, 5.41) is 7.16. The van der Waals surface area contributed by atoms with E-state index in [1.165, 1.54) is 22.3 Å². The molecule has 0 spiro atoms. The molecule has 2 rings (SSSR count). The van der Waals surface area contributed by atoms with Crippen molar-refractivity contribution in [3.63, 3.8) is 0 Å². The van der Waals surface area contributed by atoms with Crippen molar-refractivity contribution in [1.29, 1.82) is 0 Å². The quantitative estimate of drug-likeness (QED) is 0.909. The SMILES string of the molecule is Cc1cc(C(C)(C)C)cc(C)c1Cc1nc(C(C)N)n[nH]1. The summed E-state index contributed by atoms with van der Waals surface area (Å²) in [5.41, 5.74) is 11.3. The highest BCUT2D eigenvalue weighted by atomic mass is 15.2. The zero-order valence-electron chi connectivity index (χ0n) is 13.9. The van der Waals surface area contributed by atoms with E-state index in [-0.39, 0.29) is 11.5 Å². The Morgan fingerprint density at radius 1 is 1.19 bits per heavy atom. The third-order valence-corrected chi connectivity index (χ3v) is 3.86. The van der Waals surface area contributed by atoms with Crippen molar-refractivity contribution in [1.82, 2.24) is 15.2 Å². The fourth-order valence-corrected chi connectivity index (χ4v) is 2.47. The third kappa shape index (κ3) is 3.50. The first-order valence-electron chi connectivity index (χ1n) is 7.46. The topological polar surface area (TPSA) is 67.6 Å². The number of aromatic nitrogens is 3. The first kappa shape index (κ1) is 15.7. The lowest BCUT2D eigenvalue weighted by atomic mass is 9.83. The van der Waals surface area contributed by atoms with Crippen molar-refractivity contribution in [2.75, 3.05) is 0 Å². The largest absolute Gasteiger partial charge is 0.321 e. The van der Waals surface area contributed by atoms with Gasteiger partial charge in [-0.1, -0.05) is 32.9 Å². The van der Waals surface area contributed by atoms with Crippen LogP contribution in [0.2, 0.25) is 0 Å². The lowest BCUT2D eigenvalue weighted by Crippen LogP contribution is -2.13. The van der Waals surface area contributed by atoms with Gasteiger partial charge in [0.2, 0.25) is 0 Å². The van der Waals surface area contributed by atoms with Crippen LogP contribution in [0, 0.1) is 13.8 Å². The molecule has 0 aliphatic heterocycles. The molecule has 1 aromatic carbocycles. The lowest BCUT2D eigenvalue weighted by molar-refractivity contribution is 0.588. The summed E-state index contributed by atoms with van der Waals surface area (Å²) in [6.07, 6.45) is 0.766. The maximum Gasteiger partial charge on any atom is 0.167 e. The lowest BCUT2D eigenvalue weighted by Gasteiger charge is -2.22. The molecule has 0 aliphatic rings. The van der Waals surface area contributed by atoms with Gasteiger partial charge in [0.05, 0.1) is 6.04 Å². The zero-order valence-corrected chi connectivity index (χ0v) is 13.9. The third-order valence-electron chi connectivity index (χ3n) is 3.86. The number of nitrogens with one attached hydrogen (secondary N) is 1. The van der Waals surface area contributed by atoms with Gasteiger partial charge in [0.1, 0.15) is 5.82 Å². The minimum atomic E-state index is -0.138. The number of aryl methyl sites for hydroxylation is 2. The molecule has 0 saturated heterocycles. The minimum absolute atomic E-state index is 0.138. The second kappa shape index (κ2) is 5.60. The molecule has 1 aromatic heterocycles. The first-order chi connectivity index (χ1) is 9.68. The maximum atomic E-state index is 5.80. The summed E-state index contributed by atoms with van der Waals surface area (Å²) >= 11 is 0. The van der Waals surface area contributed by atoms with Crippen molar-refractivity contribution in [2.45, 2.75) is 59.4 Å². The van der Waals surface area contributed by atoms with Gasteiger partial charge in [-0.2, -0.15) is 5.10 Å². The fraction of sp³-hybridized carbons (Fsp3) is 0.529. The van der Waals surface area contributed by atoms with Crippen molar-refractivity contribution in [3.05, 3.63) is 46.0 Å². The molecule has 0 fully saturated rings. The maximum absolute atomic E-state index is 5.80. The number of aromatic amines is 1. The van der Waals surface area contributed by atoms with Crippen LogP contribution in [0.5, 0.6) is 0 Å². The van der Waals surface area contributed by atoms with Gasteiger partial charge in [-0.25, -0.2) is 4.98 Å². The molecule has 0 amide bonds. The molecule has 21 heavy (non-hydrogen) atoms. The van der Waals surface area contributed by atoms with Crippen LogP contribution in [-0.2, 0) is 11.8 Å². The van der Waals surface area contributed by atoms with Crippen LogP contribution in [0.1, 0.15) is 67.6 Å². The van der Waals surface area contributed by atoms with Crippen LogP contribution >= 0.6 is 0 Å². The van der Waals surface area contributed by atoms with Crippen LogP contribution in [0.4, 0.5) is 0 Å². The van der Waals surface area contributed by atoms with E-state index in [0.717, 1.165) is 12.2 Å². The Hall–Kier alpha value is -1.68. The Morgan fingerprint density at radius 2 is 1.76 bits per heavy atom. The molecular weight excluding hydrogens is 260 g/mol. The van der Waals surface area contributed by atoms with E-state index in [1.807, 2.05) is 6.92 Å². The van der Waals surface area contributed by atoms with E-state index in [0.29, 0.717) is 5.82 Å². The van der Waals surface area contributed by atoms with Crippen molar-refractivity contribution >= 4 is 0 Å². The van der Waals surface area contributed by atoms with Gasteiger partial charge in [0.15, 0.2) is 5.82 Å². The molecule has 0 aliphatic carbocycles. The smallest absolute Gasteiger partial charge is 0.167 e. The average Bonchev–Trinajstić information content (AvgIpc) is 2.81. The molecule has 114 valence electrons. The van der Waals surface area contributed by atoms with Crippen molar-refractivity contribution in [3.8, 4) is 0 Å². The molecule has 2 aromatic rings. The van der Waals surface area contributed by atoms with Crippen molar-refractivity contribution in [2.24, 2.45) is 5.73 Å². The molecule has 1 atom stereocenters. The predicted molar refractivity (Wildman–Crippen MR) is 86.4 cm³/mol. The second-order valence-electron chi connectivity index (χ2n) is 6.94. The highest BCUT2D eigenvalue weighted by Gasteiger charge is 2.17. The Bertz CT molecular complexity index is 609. The van der Waals surface area contributed by atoms with Gasteiger partial charge in [0, 0.05) is 6.42 Å². The van der Waals surface area contributed by atoms with E-state index in [1.54, 1.807) is 0 Å². The molecule has 4 heteroatoms. The standard InChI is InChI=1S/C17H26N4/c1-10-7-13(17(4,5)6)8-11(2)14(10)9-15-19-16(12(3)18)21-20-15/h7-8,12H,9,18H2,1-6H3,(H,19,20,21). The molecular formula is C17H26N4. The molecule has 1 unspecified atom stereocenters. The number of nitrogens with two attached hydrogens (primary N) is 1. The van der Waals surface area contributed by atoms with Crippen molar-refractivity contribution < 1.29 is 0 Å². The number of H-pyrrole nitrogens is 1. The monoisotopic (exact) mass is 286 g/mol. The van der Waals surface area contributed by atoms with Gasteiger partial charge < -0.3 is 5.73 Å². The number of nitrogens with zero attached hydrogens (tertiary/aromatic N) is 2. The Morgan fingerprint density at radius 3 is 2.19 bits per heavy atom. The van der Waals surface area contributed by atoms with E-state index < -0.39 is 0 Å². The van der Waals surface area contributed by atoms with E-state index in [4.69, 9.17) is 5.73 Å². The Kier molecular flexibility index (Phi) is 4.19. The van der Waals surface area contributed by atoms with Gasteiger partial charge in [0.25, 0.3) is 0 Å². The van der Waals surface area contributed by atoms with Crippen LogP contribution in [-0.4, -0.2) is 15.2 Å². The number of rotatable bonds is 3. The van der Waals surface area contributed by atoms with Gasteiger partial charge >= 0.3 is 0 Å². The van der Waals surface area contributed by atoms with E-state index in [2.05, 4.69) is 61.9 Å². The summed E-state index contributed by atoms with van der Waals surface area (Å²) in [6, 6.07) is 4.43. The average molecular weight is 286 g/mol. The van der Waals surface area contributed by atoms with Gasteiger partial charge in [-0.05, 0) is 48.4 Å². The molecule has 3 N–H and O–H groups in total. The number of hydrogen-bond acceptors (Lipinski definition) is 3. The fourth-order valence-electron chi connectivity index (χ4n) is 2.47. The van der Waals surface area contributed by atoms with Crippen LogP contribution in [0.25, 0.3) is 0 Å². The normalized spacial score (nSPS) is 13.5. The summed E-state index contributed by atoms with van der Waals surface area (Å²) < 4.78 is 0. The Balaban J connectivity index is 2.32. The van der Waals surface area contributed by atoms with E-state index in [9.17, 15) is 0 Å². The minimum Gasteiger partial charge on any atom is -0.321 e. The molecule has 0 radical (unpaired) electrons. The summed E-state index contributed by atoms with van der Waals surface area (Å²) in [7, 11) is 0. The van der Waals surface area contributed by atoms with Crippen LogP contribution in [0.15, 0.2) is 12.1 Å². The highest BCUT2D eigenvalue weighted by Crippen LogP contribution is 2.27. The molecule has 0 saturated carbocycles. The second-order valence-corrected chi connectivity index (χ2v) is 6.94.